The third kappa shape index (κ3) is 3.49. The van der Waals surface area contributed by atoms with Crippen LogP contribution in [0.1, 0.15) is 31.2 Å². The molecule has 0 aromatic heterocycles. The fraction of sp³-hybridized carbons (Fsp3) is 0.533. The standard InChI is InChI=1S/C15H22N2O3/c18-11-10-16-13-6-8-15(9-7-13,17-14(19)20)12-4-2-1-3-5-12/h1-5,13,16-18H,6-11H2,(H,19,20). The number of hydrogen-bond donors (Lipinski definition) is 4. The second-order valence-corrected chi connectivity index (χ2v) is 5.33. The van der Waals surface area contributed by atoms with Gasteiger partial charge in [-0.25, -0.2) is 4.79 Å². The predicted molar refractivity (Wildman–Crippen MR) is 76.6 cm³/mol. The Kier molecular flexibility index (Phi) is 4.98. The summed E-state index contributed by atoms with van der Waals surface area (Å²) in [5.41, 5.74) is 0.549. The molecule has 1 saturated carbocycles. The number of hydrogen-bond acceptors (Lipinski definition) is 3. The summed E-state index contributed by atoms with van der Waals surface area (Å²) < 4.78 is 0. The number of nitrogens with one attached hydrogen (secondary N) is 2. The lowest BCUT2D eigenvalue weighted by Gasteiger charge is -2.40. The molecule has 0 atom stereocenters. The zero-order chi connectivity index (χ0) is 14.4. The summed E-state index contributed by atoms with van der Waals surface area (Å²) in [5, 5.41) is 24.0. The van der Waals surface area contributed by atoms with Gasteiger partial charge in [-0.2, -0.15) is 0 Å². The van der Waals surface area contributed by atoms with E-state index < -0.39 is 11.6 Å². The molecule has 5 nitrogen and oxygen atoms in total. The molecular weight excluding hydrogens is 256 g/mol. The van der Waals surface area contributed by atoms with Crippen LogP contribution in [0.3, 0.4) is 0 Å². The predicted octanol–water partition coefficient (Wildman–Crippen LogP) is 1.67. The van der Waals surface area contributed by atoms with E-state index in [4.69, 9.17) is 10.2 Å². The van der Waals surface area contributed by atoms with Crippen LogP contribution in [0.15, 0.2) is 30.3 Å². The van der Waals surface area contributed by atoms with Crippen LogP contribution in [-0.2, 0) is 5.54 Å². The third-order valence-corrected chi connectivity index (χ3v) is 4.06. The average Bonchev–Trinajstić information content (AvgIpc) is 2.47. The van der Waals surface area contributed by atoms with Crippen LogP contribution in [0.2, 0.25) is 0 Å². The third-order valence-electron chi connectivity index (χ3n) is 4.06. The van der Waals surface area contributed by atoms with Crippen molar-refractivity contribution < 1.29 is 15.0 Å². The summed E-state index contributed by atoms with van der Waals surface area (Å²) >= 11 is 0. The lowest BCUT2D eigenvalue weighted by atomic mass is 9.75. The lowest BCUT2D eigenvalue weighted by Crippen LogP contribution is -2.50. The van der Waals surface area contributed by atoms with Gasteiger partial charge in [0.1, 0.15) is 0 Å². The highest BCUT2D eigenvalue weighted by molar-refractivity contribution is 5.66. The van der Waals surface area contributed by atoms with Crippen LogP contribution in [-0.4, -0.2) is 35.5 Å². The van der Waals surface area contributed by atoms with Gasteiger partial charge in [0.05, 0.1) is 12.1 Å². The highest BCUT2D eigenvalue weighted by Crippen LogP contribution is 2.37. The van der Waals surface area contributed by atoms with Crippen LogP contribution < -0.4 is 10.6 Å². The van der Waals surface area contributed by atoms with Crippen molar-refractivity contribution in [2.75, 3.05) is 13.2 Å². The molecule has 0 spiro atoms. The van der Waals surface area contributed by atoms with Gasteiger partial charge < -0.3 is 20.8 Å². The first kappa shape index (κ1) is 14.8. The lowest BCUT2D eigenvalue weighted by molar-refractivity contribution is 0.153. The largest absolute Gasteiger partial charge is 0.465 e. The van der Waals surface area contributed by atoms with Gasteiger partial charge in [-0.1, -0.05) is 30.3 Å². The molecule has 4 N–H and O–H groups in total. The average molecular weight is 278 g/mol. The first-order valence-corrected chi connectivity index (χ1v) is 7.07. The molecule has 20 heavy (non-hydrogen) atoms. The summed E-state index contributed by atoms with van der Waals surface area (Å²) in [6, 6.07) is 10.1. The normalized spacial score (nSPS) is 26.1. The van der Waals surface area contributed by atoms with E-state index in [1.807, 2.05) is 30.3 Å². The number of aliphatic hydroxyl groups is 1. The molecule has 0 saturated heterocycles. The quantitative estimate of drug-likeness (QED) is 0.660. The molecule has 0 radical (unpaired) electrons. The van der Waals surface area contributed by atoms with E-state index in [2.05, 4.69) is 10.6 Å². The molecule has 1 aliphatic carbocycles. The molecule has 1 aromatic rings. The Morgan fingerprint density at radius 2 is 1.90 bits per heavy atom. The molecule has 1 fully saturated rings. The second-order valence-electron chi connectivity index (χ2n) is 5.33. The van der Waals surface area contributed by atoms with Gasteiger partial charge in [-0.3, -0.25) is 0 Å². The Labute approximate surface area is 119 Å². The molecule has 0 unspecified atom stereocenters. The van der Waals surface area contributed by atoms with Gasteiger partial charge in [0.25, 0.3) is 0 Å². The van der Waals surface area contributed by atoms with Gasteiger partial charge in [-0.15, -0.1) is 0 Å². The number of carbonyl (C=O) groups is 1. The van der Waals surface area contributed by atoms with Crippen LogP contribution in [0.5, 0.6) is 0 Å². The van der Waals surface area contributed by atoms with Gasteiger partial charge in [0.2, 0.25) is 0 Å². The van der Waals surface area contributed by atoms with E-state index >= 15 is 0 Å². The molecule has 0 heterocycles. The van der Waals surface area contributed by atoms with Crippen LogP contribution in [0, 0.1) is 0 Å². The van der Waals surface area contributed by atoms with Gasteiger partial charge in [-0.05, 0) is 31.2 Å². The smallest absolute Gasteiger partial charge is 0.405 e. The van der Waals surface area contributed by atoms with Crippen molar-refractivity contribution >= 4 is 6.09 Å². The summed E-state index contributed by atoms with van der Waals surface area (Å²) in [6.45, 7) is 0.725. The number of rotatable bonds is 5. The molecular formula is C15H22N2O3. The fourth-order valence-corrected chi connectivity index (χ4v) is 3.03. The van der Waals surface area contributed by atoms with Crippen molar-refractivity contribution in [2.24, 2.45) is 0 Å². The maximum Gasteiger partial charge on any atom is 0.405 e. The van der Waals surface area contributed by atoms with E-state index in [0.717, 1.165) is 31.2 Å². The summed E-state index contributed by atoms with van der Waals surface area (Å²) in [5.74, 6) is 0. The Balaban J connectivity index is 2.09. The topological polar surface area (TPSA) is 81.6 Å². The molecule has 0 bridgehead atoms. The Hall–Kier alpha value is -1.59. The zero-order valence-corrected chi connectivity index (χ0v) is 11.5. The van der Waals surface area contributed by atoms with Crippen LogP contribution in [0.4, 0.5) is 4.79 Å². The minimum atomic E-state index is -0.976. The number of carboxylic acid groups (broad SMARTS) is 1. The SMILES string of the molecule is O=C(O)NC1(c2ccccc2)CCC(NCCO)CC1. The Bertz CT molecular complexity index is 428. The van der Waals surface area contributed by atoms with E-state index in [0.29, 0.717) is 12.6 Å². The fourth-order valence-electron chi connectivity index (χ4n) is 3.03. The van der Waals surface area contributed by atoms with Gasteiger partial charge >= 0.3 is 6.09 Å². The van der Waals surface area contributed by atoms with Crippen molar-refractivity contribution in [3.8, 4) is 0 Å². The molecule has 1 aromatic carbocycles. The van der Waals surface area contributed by atoms with E-state index in [1.165, 1.54) is 0 Å². The van der Waals surface area contributed by atoms with Crippen molar-refractivity contribution in [1.29, 1.82) is 0 Å². The number of benzene rings is 1. The minimum absolute atomic E-state index is 0.133. The summed E-state index contributed by atoms with van der Waals surface area (Å²) in [4.78, 5) is 11.1. The van der Waals surface area contributed by atoms with E-state index in [1.54, 1.807) is 0 Å². The molecule has 0 aliphatic heterocycles. The maximum absolute atomic E-state index is 11.1. The first-order chi connectivity index (χ1) is 9.66. The van der Waals surface area contributed by atoms with Crippen molar-refractivity contribution in [2.45, 2.75) is 37.3 Å². The highest BCUT2D eigenvalue weighted by Gasteiger charge is 2.37. The Morgan fingerprint density at radius 3 is 2.45 bits per heavy atom. The first-order valence-electron chi connectivity index (χ1n) is 7.07. The van der Waals surface area contributed by atoms with Crippen molar-refractivity contribution in [3.63, 3.8) is 0 Å². The minimum Gasteiger partial charge on any atom is -0.465 e. The maximum atomic E-state index is 11.1. The summed E-state index contributed by atoms with van der Waals surface area (Å²) in [6.07, 6.45) is 2.36. The molecule has 5 heteroatoms. The van der Waals surface area contributed by atoms with E-state index in [-0.39, 0.29) is 6.61 Å². The van der Waals surface area contributed by atoms with Crippen molar-refractivity contribution in [3.05, 3.63) is 35.9 Å². The zero-order valence-electron chi connectivity index (χ0n) is 11.5. The molecule has 110 valence electrons. The summed E-state index contributed by atoms with van der Waals surface area (Å²) in [7, 11) is 0. The van der Waals surface area contributed by atoms with Crippen LogP contribution in [0.25, 0.3) is 0 Å². The monoisotopic (exact) mass is 278 g/mol. The number of amides is 1. The molecule has 1 amide bonds. The molecule has 2 rings (SSSR count). The van der Waals surface area contributed by atoms with Gasteiger partial charge in [0, 0.05) is 12.6 Å². The van der Waals surface area contributed by atoms with Gasteiger partial charge in [0.15, 0.2) is 0 Å². The van der Waals surface area contributed by atoms with Crippen molar-refractivity contribution in [1.82, 2.24) is 10.6 Å². The second kappa shape index (κ2) is 6.72. The molecule has 1 aliphatic rings. The van der Waals surface area contributed by atoms with Crippen LogP contribution >= 0.6 is 0 Å². The number of aliphatic hydroxyl groups excluding tert-OH is 1. The highest BCUT2D eigenvalue weighted by atomic mass is 16.4. The van der Waals surface area contributed by atoms with E-state index in [9.17, 15) is 4.79 Å². The Morgan fingerprint density at radius 1 is 1.25 bits per heavy atom.